The number of ketones is 1. The van der Waals surface area contributed by atoms with Crippen LogP contribution in [0.3, 0.4) is 0 Å². The summed E-state index contributed by atoms with van der Waals surface area (Å²) in [7, 11) is 0. The summed E-state index contributed by atoms with van der Waals surface area (Å²) >= 11 is 0. The second kappa shape index (κ2) is 6.12. The molecule has 9 heteroatoms. The number of alkyl halides is 5. The summed E-state index contributed by atoms with van der Waals surface area (Å²) in [5, 5.41) is 9.07. The molecular weight excluding hydrogens is 337 g/mol. The average molecular weight is 351 g/mol. The molecule has 0 radical (unpaired) electrons. The minimum absolute atomic E-state index is 0.00441. The summed E-state index contributed by atoms with van der Waals surface area (Å²) in [4.78, 5) is 23.3. The maximum atomic E-state index is 13.6. The van der Waals surface area contributed by atoms with Crippen LogP contribution in [0.15, 0.2) is 18.2 Å². The van der Waals surface area contributed by atoms with Gasteiger partial charge in [0.25, 0.3) is 6.43 Å². The number of carbonyl (C=O) groups is 2. The smallest absolute Gasteiger partial charge is 0.392 e. The van der Waals surface area contributed by atoms with Crippen LogP contribution < -0.4 is 4.90 Å². The first-order valence-corrected chi connectivity index (χ1v) is 6.94. The highest BCUT2D eigenvalue weighted by atomic mass is 19.4. The van der Waals surface area contributed by atoms with Crippen LogP contribution in [0.5, 0.6) is 0 Å². The van der Waals surface area contributed by atoms with E-state index in [9.17, 15) is 31.5 Å². The monoisotopic (exact) mass is 351 g/mol. The number of Topliss-reactive ketones (excluding diaryl/α,β-unsaturated/α-hetero) is 1. The highest BCUT2D eigenvalue weighted by Crippen LogP contribution is 2.51. The van der Waals surface area contributed by atoms with E-state index in [-0.39, 0.29) is 21.7 Å². The average Bonchev–Trinajstić information content (AvgIpc) is 2.81. The number of fused-ring (bicyclic) bond motifs is 1. The van der Waals surface area contributed by atoms with Crippen molar-refractivity contribution >= 4 is 17.4 Å². The first kappa shape index (κ1) is 18.3. The Hall–Kier alpha value is -2.03. The number of nitrogens with zero attached hydrogens (tertiary/aromatic N) is 1. The second-order valence-corrected chi connectivity index (χ2v) is 5.63. The van der Waals surface area contributed by atoms with E-state index in [1.807, 2.05) is 0 Å². The first-order chi connectivity index (χ1) is 11.0. The molecule has 1 aromatic carbocycles. The number of halogens is 5. The molecule has 1 heterocycles. The van der Waals surface area contributed by atoms with Gasteiger partial charge in [0.05, 0.1) is 13.0 Å². The van der Waals surface area contributed by atoms with Gasteiger partial charge >= 0.3 is 6.18 Å². The van der Waals surface area contributed by atoms with Gasteiger partial charge in [0, 0.05) is 12.1 Å². The minimum Gasteiger partial charge on any atom is -0.392 e. The molecule has 1 N–H and O–H groups in total. The molecule has 0 bridgehead atoms. The van der Waals surface area contributed by atoms with Crippen molar-refractivity contribution in [3.05, 3.63) is 29.3 Å². The molecule has 0 fully saturated rings. The summed E-state index contributed by atoms with van der Waals surface area (Å²) in [6, 6.07) is 3.47. The molecule has 1 aliphatic rings. The third-order valence-electron chi connectivity index (χ3n) is 3.93. The quantitative estimate of drug-likeness (QED) is 0.670. The Morgan fingerprint density at radius 2 is 1.96 bits per heavy atom. The normalized spacial score (nSPS) is 20.4. The van der Waals surface area contributed by atoms with Crippen molar-refractivity contribution in [2.45, 2.75) is 44.5 Å². The predicted octanol–water partition coefficient (Wildman–Crippen LogP) is 2.61. The number of aliphatic hydroxyl groups is 1. The lowest BCUT2D eigenvalue weighted by atomic mass is 9.93. The highest BCUT2D eigenvalue weighted by Gasteiger charge is 2.69. The highest BCUT2D eigenvalue weighted by molar-refractivity contribution is 6.07. The van der Waals surface area contributed by atoms with Crippen LogP contribution in [0.25, 0.3) is 0 Å². The SMILES string of the molecule is CC(=O)CC(=O)N1c2ccc(CO)cc2CC1(C(F)F)C(F)(F)F. The number of amides is 1. The molecule has 0 aromatic heterocycles. The van der Waals surface area contributed by atoms with E-state index in [2.05, 4.69) is 0 Å². The second-order valence-electron chi connectivity index (χ2n) is 5.63. The van der Waals surface area contributed by atoms with Crippen LogP contribution >= 0.6 is 0 Å². The Morgan fingerprint density at radius 1 is 1.33 bits per heavy atom. The molecule has 1 aromatic rings. The van der Waals surface area contributed by atoms with E-state index in [0.29, 0.717) is 0 Å². The summed E-state index contributed by atoms with van der Waals surface area (Å²) in [5.74, 6) is -2.07. The molecule has 0 aliphatic carbocycles. The molecule has 24 heavy (non-hydrogen) atoms. The van der Waals surface area contributed by atoms with Crippen LogP contribution in [0.2, 0.25) is 0 Å². The van der Waals surface area contributed by atoms with Crippen molar-refractivity contribution in [3.63, 3.8) is 0 Å². The largest absolute Gasteiger partial charge is 0.418 e. The van der Waals surface area contributed by atoms with Gasteiger partial charge in [0.15, 0.2) is 0 Å². The number of rotatable bonds is 4. The van der Waals surface area contributed by atoms with Crippen molar-refractivity contribution in [2.75, 3.05) is 4.90 Å². The molecule has 4 nitrogen and oxygen atoms in total. The van der Waals surface area contributed by atoms with Crippen LogP contribution in [-0.4, -0.2) is 34.9 Å². The van der Waals surface area contributed by atoms with Gasteiger partial charge in [-0.05, 0) is 24.1 Å². The van der Waals surface area contributed by atoms with E-state index in [4.69, 9.17) is 5.11 Å². The van der Waals surface area contributed by atoms with Gasteiger partial charge < -0.3 is 5.11 Å². The molecule has 2 rings (SSSR count). The first-order valence-electron chi connectivity index (χ1n) is 6.94. The van der Waals surface area contributed by atoms with E-state index in [0.717, 1.165) is 19.1 Å². The number of hydrogen-bond donors (Lipinski definition) is 1. The molecule has 1 atom stereocenters. The van der Waals surface area contributed by atoms with Crippen molar-refractivity contribution in [1.82, 2.24) is 0 Å². The van der Waals surface area contributed by atoms with Gasteiger partial charge in [0.2, 0.25) is 11.4 Å². The Kier molecular flexibility index (Phi) is 4.67. The fraction of sp³-hybridized carbons (Fsp3) is 0.467. The lowest BCUT2D eigenvalue weighted by Crippen LogP contribution is -2.64. The van der Waals surface area contributed by atoms with Crippen LogP contribution in [-0.2, 0) is 22.6 Å². The maximum absolute atomic E-state index is 13.6. The molecule has 1 amide bonds. The fourth-order valence-electron chi connectivity index (χ4n) is 2.86. The molecule has 0 saturated carbocycles. The zero-order valence-corrected chi connectivity index (χ0v) is 12.5. The lowest BCUT2D eigenvalue weighted by molar-refractivity contribution is -0.218. The summed E-state index contributed by atoms with van der Waals surface area (Å²) < 4.78 is 67.7. The molecule has 132 valence electrons. The van der Waals surface area contributed by atoms with Crippen LogP contribution in [0.1, 0.15) is 24.5 Å². The van der Waals surface area contributed by atoms with E-state index < -0.39 is 49.3 Å². The maximum Gasteiger partial charge on any atom is 0.418 e. The van der Waals surface area contributed by atoms with Crippen molar-refractivity contribution in [3.8, 4) is 0 Å². The molecule has 1 unspecified atom stereocenters. The van der Waals surface area contributed by atoms with Gasteiger partial charge in [-0.1, -0.05) is 12.1 Å². The van der Waals surface area contributed by atoms with E-state index in [1.54, 1.807) is 0 Å². The summed E-state index contributed by atoms with van der Waals surface area (Å²) in [5.41, 5.74) is -3.94. The van der Waals surface area contributed by atoms with Crippen molar-refractivity contribution in [1.29, 1.82) is 0 Å². The standard InChI is InChI=1S/C15H14F5NO3/c1-8(23)4-12(24)21-11-3-2-9(7-22)5-10(11)6-14(21,13(16)17)15(18,19)20/h2-3,5,13,22H,4,6-7H2,1H3. The van der Waals surface area contributed by atoms with E-state index in [1.165, 1.54) is 6.07 Å². The van der Waals surface area contributed by atoms with E-state index >= 15 is 0 Å². The number of anilines is 1. The zero-order valence-electron chi connectivity index (χ0n) is 12.5. The fourth-order valence-corrected chi connectivity index (χ4v) is 2.86. The molecule has 0 spiro atoms. The van der Waals surface area contributed by atoms with Gasteiger partial charge in [-0.25, -0.2) is 8.78 Å². The van der Waals surface area contributed by atoms with Crippen molar-refractivity contribution < 1.29 is 36.6 Å². The summed E-state index contributed by atoms with van der Waals surface area (Å²) in [6.45, 7) is 0.504. The lowest BCUT2D eigenvalue weighted by Gasteiger charge is -2.39. The van der Waals surface area contributed by atoms with Gasteiger partial charge in [-0.15, -0.1) is 0 Å². The number of aliphatic hydroxyl groups excluding tert-OH is 1. The Bertz CT molecular complexity index is 674. The zero-order chi connectivity index (χ0) is 18.3. The minimum atomic E-state index is -5.41. The number of benzene rings is 1. The predicted molar refractivity (Wildman–Crippen MR) is 73.6 cm³/mol. The van der Waals surface area contributed by atoms with Gasteiger partial charge in [-0.2, -0.15) is 13.2 Å². The van der Waals surface area contributed by atoms with Gasteiger partial charge in [0.1, 0.15) is 5.78 Å². The Balaban J connectivity index is 2.66. The Morgan fingerprint density at radius 3 is 2.42 bits per heavy atom. The number of carbonyl (C=O) groups excluding carboxylic acids is 2. The topological polar surface area (TPSA) is 57.6 Å². The Labute approximate surface area is 133 Å². The van der Waals surface area contributed by atoms with Crippen LogP contribution in [0, 0.1) is 0 Å². The molecular formula is C15H14F5NO3. The third kappa shape index (κ3) is 2.77. The van der Waals surface area contributed by atoms with Gasteiger partial charge in [-0.3, -0.25) is 14.5 Å². The molecule has 1 aliphatic heterocycles. The molecule has 0 saturated heterocycles. The summed E-state index contributed by atoms with van der Waals surface area (Å²) in [6.07, 6.45) is -11.4. The third-order valence-corrected chi connectivity index (χ3v) is 3.93. The van der Waals surface area contributed by atoms with Crippen molar-refractivity contribution in [2.24, 2.45) is 0 Å². The van der Waals surface area contributed by atoms with Crippen LogP contribution in [0.4, 0.5) is 27.6 Å². The number of hydrogen-bond acceptors (Lipinski definition) is 3.